The predicted molar refractivity (Wildman–Crippen MR) is 124 cm³/mol. The van der Waals surface area contributed by atoms with Crippen LogP contribution in [0.15, 0.2) is 66.7 Å². The van der Waals surface area contributed by atoms with Gasteiger partial charge in [0.1, 0.15) is 17.3 Å². The van der Waals surface area contributed by atoms with Gasteiger partial charge in [-0.2, -0.15) is 0 Å². The van der Waals surface area contributed by atoms with Gasteiger partial charge in [0.05, 0.1) is 26.2 Å². The number of benzene rings is 3. The molecule has 7 heteroatoms. The van der Waals surface area contributed by atoms with Gasteiger partial charge in [0.25, 0.3) is 0 Å². The highest BCUT2D eigenvalue weighted by atomic mass is 19.1. The van der Waals surface area contributed by atoms with Crippen LogP contribution in [0.5, 0.6) is 11.5 Å². The molecule has 2 amide bonds. The van der Waals surface area contributed by atoms with E-state index >= 15 is 0 Å². The lowest BCUT2D eigenvalue weighted by Crippen LogP contribution is -2.32. The van der Waals surface area contributed by atoms with E-state index in [1.807, 2.05) is 12.1 Å². The molecule has 1 saturated heterocycles. The van der Waals surface area contributed by atoms with Gasteiger partial charge in [-0.15, -0.1) is 0 Å². The number of nitrogens with one attached hydrogen (secondary N) is 1. The predicted octanol–water partition coefficient (Wildman–Crippen LogP) is 4.88. The highest BCUT2D eigenvalue weighted by Gasteiger charge is 2.45. The standard InChI is InChI=1S/C26H25FN2O4/c1-16-4-7-18(14-23(16)27)28-26(31)22-15-24(30)29(19-8-12-21(33-3)13-9-19)25(22)17-5-10-20(32-2)11-6-17/h4-14,22,25H,15H2,1-3H3,(H,28,31)/t22-,25-/m0/s1. The van der Waals surface area contributed by atoms with Gasteiger partial charge < -0.3 is 19.7 Å². The lowest BCUT2D eigenvalue weighted by Gasteiger charge is -2.28. The first-order chi connectivity index (χ1) is 15.9. The Hall–Kier alpha value is -3.87. The number of anilines is 2. The van der Waals surface area contributed by atoms with Crippen LogP contribution in [0.2, 0.25) is 0 Å². The summed E-state index contributed by atoms with van der Waals surface area (Å²) in [5.41, 5.74) is 2.31. The fourth-order valence-corrected chi connectivity index (χ4v) is 4.10. The molecule has 33 heavy (non-hydrogen) atoms. The van der Waals surface area contributed by atoms with Crippen LogP contribution in [0.1, 0.15) is 23.6 Å². The van der Waals surface area contributed by atoms with Crippen molar-refractivity contribution in [2.45, 2.75) is 19.4 Å². The number of hydrogen-bond donors (Lipinski definition) is 1. The second kappa shape index (κ2) is 9.32. The van der Waals surface area contributed by atoms with Gasteiger partial charge in [0.2, 0.25) is 11.8 Å². The number of aryl methyl sites for hydroxylation is 1. The smallest absolute Gasteiger partial charge is 0.230 e. The van der Waals surface area contributed by atoms with E-state index < -0.39 is 17.8 Å². The summed E-state index contributed by atoms with van der Waals surface area (Å²) in [6, 6.07) is 18.4. The minimum atomic E-state index is -0.669. The molecule has 1 heterocycles. The Morgan fingerprint density at radius 2 is 1.58 bits per heavy atom. The molecule has 0 radical (unpaired) electrons. The average molecular weight is 448 g/mol. The van der Waals surface area contributed by atoms with Crippen LogP contribution in [0.4, 0.5) is 15.8 Å². The summed E-state index contributed by atoms with van der Waals surface area (Å²) in [5.74, 6) is -0.240. The van der Waals surface area contributed by atoms with Crippen LogP contribution < -0.4 is 19.7 Å². The summed E-state index contributed by atoms with van der Waals surface area (Å²) in [6.45, 7) is 1.66. The van der Waals surface area contributed by atoms with Crippen molar-refractivity contribution in [3.05, 3.63) is 83.7 Å². The van der Waals surface area contributed by atoms with Gasteiger partial charge in [-0.3, -0.25) is 9.59 Å². The number of ether oxygens (including phenoxy) is 2. The largest absolute Gasteiger partial charge is 0.497 e. The van der Waals surface area contributed by atoms with Crippen molar-refractivity contribution in [3.8, 4) is 11.5 Å². The molecule has 1 fully saturated rings. The van der Waals surface area contributed by atoms with Crippen LogP contribution in [0, 0.1) is 18.7 Å². The number of nitrogens with zero attached hydrogens (tertiary/aromatic N) is 1. The normalized spacial score (nSPS) is 17.7. The zero-order valence-corrected chi connectivity index (χ0v) is 18.7. The van der Waals surface area contributed by atoms with Crippen LogP contribution >= 0.6 is 0 Å². The molecule has 0 aromatic heterocycles. The average Bonchev–Trinajstić information content (AvgIpc) is 3.18. The molecule has 0 spiro atoms. The molecule has 2 atom stereocenters. The first-order valence-electron chi connectivity index (χ1n) is 10.6. The zero-order valence-electron chi connectivity index (χ0n) is 18.7. The fourth-order valence-electron chi connectivity index (χ4n) is 4.10. The monoisotopic (exact) mass is 448 g/mol. The van der Waals surface area contributed by atoms with E-state index in [1.165, 1.54) is 6.07 Å². The van der Waals surface area contributed by atoms with Crippen molar-refractivity contribution in [3.63, 3.8) is 0 Å². The highest BCUT2D eigenvalue weighted by Crippen LogP contribution is 2.42. The molecule has 0 unspecified atom stereocenters. The number of methoxy groups -OCH3 is 2. The number of carbonyl (C=O) groups is 2. The Morgan fingerprint density at radius 3 is 2.15 bits per heavy atom. The van der Waals surface area contributed by atoms with E-state index in [-0.39, 0.29) is 18.2 Å². The third kappa shape index (κ3) is 4.53. The van der Waals surface area contributed by atoms with Gasteiger partial charge in [-0.1, -0.05) is 18.2 Å². The van der Waals surface area contributed by atoms with Gasteiger partial charge in [0, 0.05) is 17.8 Å². The summed E-state index contributed by atoms with van der Waals surface area (Å²) in [6.07, 6.45) is 0.0307. The van der Waals surface area contributed by atoms with Crippen LogP contribution in [0.3, 0.4) is 0 Å². The second-order valence-corrected chi connectivity index (χ2v) is 7.94. The summed E-state index contributed by atoms with van der Waals surface area (Å²) < 4.78 is 24.5. The van der Waals surface area contributed by atoms with E-state index in [4.69, 9.17) is 9.47 Å². The van der Waals surface area contributed by atoms with E-state index in [1.54, 1.807) is 74.6 Å². The van der Waals surface area contributed by atoms with Gasteiger partial charge in [-0.05, 0) is 66.6 Å². The summed E-state index contributed by atoms with van der Waals surface area (Å²) in [7, 11) is 3.15. The van der Waals surface area contributed by atoms with E-state index in [9.17, 15) is 14.0 Å². The molecule has 170 valence electrons. The van der Waals surface area contributed by atoms with Crippen LogP contribution in [-0.2, 0) is 9.59 Å². The van der Waals surface area contributed by atoms with Crippen molar-refractivity contribution in [1.82, 2.24) is 0 Å². The topological polar surface area (TPSA) is 67.9 Å². The molecular formula is C26H25FN2O4. The third-order valence-corrected chi connectivity index (χ3v) is 5.91. The number of rotatable bonds is 6. The fraction of sp³-hybridized carbons (Fsp3) is 0.231. The Bertz CT molecular complexity index is 1160. The molecule has 0 aliphatic carbocycles. The van der Waals surface area contributed by atoms with Crippen molar-refractivity contribution < 1.29 is 23.5 Å². The number of hydrogen-bond acceptors (Lipinski definition) is 4. The molecule has 1 N–H and O–H groups in total. The Labute approximate surface area is 191 Å². The lowest BCUT2D eigenvalue weighted by molar-refractivity contribution is -0.122. The highest BCUT2D eigenvalue weighted by molar-refractivity contribution is 6.04. The molecule has 4 rings (SSSR count). The minimum absolute atomic E-state index is 0.0307. The van der Waals surface area contributed by atoms with Gasteiger partial charge >= 0.3 is 0 Å². The van der Waals surface area contributed by atoms with Crippen LogP contribution in [0.25, 0.3) is 0 Å². The first kappa shape index (κ1) is 22.3. The SMILES string of the molecule is COc1ccc([C@H]2[C@@H](C(=O)Nc3ccc(C)c(F)c3)CC(=O)N2c2ccc(OC)cc2)cc1. The summed E-state index contributed by atoms with van der Waals surface area (Å²) in [4.78, 5) is 28.1. The maximum atomic E-state index is 14.0. The van der Waals surface area contributed by atoms with E-state index in [0.29, 0.717) is 28.4 Å². The van der Waals surface area contributed by atoms with E-state index in [0.717, 1.165) is 5.56 Å². The summed E-state index contributed by atoms with van der Waals surface area (Å²) >= 11 is 0. The van der Waals surface area contributed by atoms with Gasteiger partial charge in [-0.25, -0.2) is 4.39 Å². The molecule has 0 bridgehead atoms. The molecule has 1 aliphatic heterocycles. The lowest BCUT2D eigenvalue weighted by atomic mass is 9.92. The van der Waals surface area contributed by atoms with Crippen molar-refractivity contribution in [2.75, 3.05) is 24.4 Å². The number of carbonyl (C=O) groups excluding carboxylic acids is 2. The molecular weight excluding hydrogens is 423 g/mol. The second-order valence-electron chi connectivity index (χ2n) is 7.94. The Morgan fingerprint density at radius 1 is 0.970 bits per heavy atom. The number of halogens is 1. The molecule has 0 saturated carbocycles. The van der Waals surface area contributed by atoms with Gasteiger partial charge in [0.15, 0.2) is 0 Å². The van der Waals surface area contributed by atoms with Crippen LogP contribution in [-0.4, -0.2) is 26.0 Å². The quantitative estimate of drug-likeness (QED) is 0.583. The first-order valence-corrected chi connectivity index (χ1v) is 10.6. The molecule has 6 nitrogen and oxygen atoms in total. The third-order valence-electron chi connectivity index (χ3n) is 5.91. The number of amides is 2. The van der Waals surface area contributed by atoms with Crippen molar-refractivity contribution in [1.29, 1.82) is 0 Å². The molecule has 3 aromatic carbocycles. The summed E-state index contributed by atoms with van der Waals surface area (Å²) in [5, 5.41) is 2.78. The van der Waals surface area contributed by atoms with Crippen molar-refractivity contribution in [2.24, 2.45) is 5.92 Å². The molecule has 1 aliphatic rings. The maximum Gasteiger partial charge on any atom is 0.230 e. The van der Waals surface area contributed by atoms with Crippen molar-refractivity contribution >= 4 is 23.2 Å². The zero-order chi connectivity index (χ0) is 23.5. The Kier molecular flexibility index (Phi) is 6.31. The maximum absolute atomic E-state index is 14.0. The van der Waals surface area contributed by atoms with E-state index in [2.05, 4.69) is 5.32 Å². The Balaban J connectivity index is 1.70. The minimum Gasteiger partial charge on any atom is -0.497 e. The molecule has 3 aromatic rings.